The molecule has 7 nitrogen and oxygen atoms in total. The summed E-state index contributed by atoms with van der Waals surface area (Å²) in [5, 5.41) is 5.40. The van der Waals surface area contributed by atoms with E-state index in [1.165, 1.54) is 11.8 Å². The van der Waals surface area contributed by atoms with Crippen LogP contribution in [0.1, 0.15) is 25.8 Å². The van der Waals surface area contributed by atoms with Crippen molar-refractivity contribution in [1.29, 1.82) is 0 Å². The lowest BCUT2D eigenvalue weighted by Gasteiger charge is -2.25. The first-order valence-corrected chi connectivity index (χ1v) is 10.4. The molecular weight excluding hydrogens is 364 g/mol. The number of nitrogens with one attached hydrogen (secondary N) is 2. The molecule has 3 amide bonds. The number of hydrogen-bond acceptors (Lipinski definition) is 5. The minimum absolute atomic E-state index is 0.113. The van der Waals surface area contributed by atoms with Crippen molar-refractivity contribution in [1.82, 2.24) is 10.6 Å². The van der Waals surface area contributed by atoms with Gasteiger partial charge < -0.3 is 22.1 Å². The second kappa shape index (κ2) is 11.6. The second-order valence-electron chi connectivity index (χ2n) is 6.59. The molecule has 0 bridgehead atoms. The Hall–Kier alpha value is -2.06. The molecule has 150 valence electrons. The molecule has 4 atom stereocenters. The van der Waals surface area contributed by atoms with E-state index >= 15 is 0 Å². The van der Waals surface area contributed by atoms with E-state index in [9.17, 15) is 14.4 Å². The molecule has 0 spiro atoms. The highest BCUT2D eigenvalue weighted by molar-refractivity contribution is 7.98. The van der Waals surface area contributed by atoms with Gasteiger partial charge in [-0.25, -0.2) is 0 Å². The number of rotatable bonds is 11. The van der Waals surface area contributed by atoms with Crippen LogP contribution in [0.3, 0.4) is 0 Å². The maximum Gasteiger partial charge on any atom is 0.243 e. The summed E-state index contributed by atoms with van der Waals surface area (Å²) in [6, 6.07) is 6.97. The van der Waals surface area contributed by atoms with E-state index in [0.29, 0.717) is 12.2 Å². The van der Waals surface area contributed by atoms with Gasteiger partial charge in [0, 0.05) is 12.2 Å². The van der Waals surface area contributed by atoms with Crippen molar-refractivity contribution in [3.8, 4) is 0 Å². The molecular formula is C19H30N4O3S. The lowest BCUT2D eigenvalue weighted by Crippen LogP contribution is -2.57. The fourth-order valence-electron chi connectivity index (χ4n) is 2.58. The van der Waals surface area contributed by atoms with E-state index in [4.69, 9.17) is 11.5 Å². The summed E-state index contributed by atoms with van der Waals surface area (Å²) < 4.78 is 0. The molecule has 0 saturated carbocycles. The van der Waals surface area contributed by atoms with Crippen molar-refractivity contribution >= 4 is 29.5 Å². The first-order chi connectivity index (χ1) is 12.8. The molecule has 0 heterocycles. The molecule has 0 aliphatic heterocycles. The summed E-state index contributed by atoms with van der Waals surface area (Å²) in [6.45, 7) is 3.76. The van der Waals surface area contributed by atoms with E-state index in [0.717, 1.165) is 5.56 Å². The van der Waals surface area contributed by atoms with Crippen LogP contribution >= 0.6 is 11.8 Å². The molecule has 0 aliphatic rings. The Kier molecular flexibility index (Phi) is 9.88. The van der Waals surface area contributed by atoms with Gasteiger partial charge in [0.2, 0.25) is 17.7 Å². The second-order valence-corrected chi connectivity index (χ2v) is 7.50. The van der Waals surface area contributed by atoms with E-state index < -0.39 is 35.8 Å². The minimum Gasteiger partial charge on any atom is -0.368 e. The van der Waals surface area contributed by atoms with Gasteiger partial charge in [0.15, 0.2) is 0 Å². The van der Waals surface area contributed by atoms with Crippen LogP contribution in [0.15, 0.2) is 30.3 Å². The van der Waals surface area contributed by atoms with Gasteiger partial charge in [0.25, 0.3) is 0 Å². The monoisotopic (exact) mass is 394 g/mol. The fraction of sp³-hybridized carbons (Fsp3) is 0.526. The predicted octanol–water partition coefficient (Wildman–Crippen LogP) is 0.420. The highest BCUT2D eigenvalue weighted by Gasteiger charge is 2.29. The Morgan fingerprint density at radius 1 is 1.11 bits per heavy atom. The van der Waals surface area contributed by atoms with Gasteiger partial charge in [0.05, 0.1) is 6.04 Å². The lowest BCUT2D eigenvalue weighted by atomic mass is 9.97. The number of hydrogen-bond donors (Lipinski definition) is 4. The third-order valence-electron chi connectivity index (χ3n) is 4.42. The zero-order valence-electron chi connectivity index (χ0n) is 16.1. The number of carbonyl (C=O) groups excluding carboxylic acids is 3. The maximum atomic E-state index is 12.8. The molecule has 0 aliphatic carbocycles. The van der Waals surface area contributed by atoms with Crippen LogP contribution < -0.4 is 22.1 Å². The third-order valence-corrected chi connectivity index (χ3v) is 5.11. The SMILES string of the molecule is CC[C@@H](C)[C@@H](NC(=O)[C@@H](Cc1ccccc1)NC(=O)[C@H](N)CSC)C(N)=O. The Morgan fingerprint density at radius 2 is 1.74 bits per heavy atom. The Labute approximate surface area is 165 Å². The first kappa shape index (κ1) is 23.0. The summed E-state index contributed by atoms with van der Waals surface area (Å²) in [5.41, 5.74) is 12.2. The molecule has 1 aromatic rings. The molecule has 0 unspecified atom stereocenters. The van der Waals surface area contributed by atoms with Gasteiger partial charge in [-0.2, -0.15) is 11.8 Å². The van der Waals surface area contributed by atoms with Crippen molar-refractivity contribution in [2.24, 2.45) is 17.4 Å². The maximum absolute atomic E-state index is 12.8. The van der Waals surface area contributed by atoms with Gasteiger partial charge in [-0.1, -0.05) is 50.6 Å². The number of nitrogens with two attached hydrogens (primary N) is 2. The number of carbonyl (C=O) groups is 3. The van der Waals surface area contributed by atoms with E-state index in [2.05, 4.69) is 10.6 Å². The van der Waals surface area contributed by atoms with E-state index in [1.54, 1.807) is 0 Å². The molecule has 1 aromatic carbocycles. The van der Waals surface area contributed by atoms with Crippen molar-refractivity contribution in [3.05, 3.63) is 35.9 Å². The summed E-state index contributed by atoms with van der Waals surface area (Å²) in [7, 11) is 0. The molecule has 0 fully saturated rings. The summed E-state index contributed by atoms with van der Waals surface area (Å²) in [5.74, 6) is -1.12. The summed E-state index contributed by atoms with van der Waals surface area (Å²) in [4.78, 5) is 36.9. The van der Waals surface area contributed by atoms with Crippen molar-refractivity contribution in [2.75, 3.05) is 12.0 Å². The largest absolute Gasteiger partial charge is 0.368 e. The van der Waals surface area contributed by atoms with Gasteiger partial charge in [-0.05, 0) is 17.7 Å². The Bertz CT molecular complexity index is 627. The molecule has 8 heteroatoms. The van der Waals surface area contributed by atoms with Gasteiger partial charge in [0.1, 0.15) is 12.1 Å². The smallest absolute Gasteiger partial charge is 0.243 e. The lowest BCUT2D eigenvalue weighted by molar-refractivity contribution is -0.132. The van der Waals surface area contributed by atoms with E-state index in [1.807, 2.05) is 50.4 Å². The van der Waals surface area contributed by atoms with Crippen LogP contribution in [-0.2, 0) is 20.8 Å². The molecule has 1 rings (SSSR count). The predicted molar refractivity (Wildman–Crippen MR) is 109 cm³/mol. The quantitative estimate of drug-likeness (QED) is 0.433. The zero-order valence-corrected chi connectivity index (χ0v) is 16.9. The average Bonchev–Trinajstić information content (AvgIpc) is 2.65. The number of benzene rings is 1. The van der Waals surface area contributed by atoms with Gasteiger partial charge >= 0.3 is 0 Å². The van der Waals surface area contributed by atoms with Crippen molar-refractivity contribution < 1.29 is 14.4 Å². The van der Waals surface area contributed by atoms with Crippen LogP contribution in [0, 0.1) is 5.92 Å². The number of amides is 3. The fourth-order valence-corrected chi connectivity index (χ4v) is 3.09. The third kappa shape index (κ3) is 7.60. The molecule has 6 N–H and O–H groups in total. The molecule has 27 heavy (non-hydrogen) atoms. The topological polar surface area (TPSA) is 127 Å². The minimum atomic E-state index is -0.848. The molecule has 0 radical (unpaired) electrons. The first-order valence-electron chi connectivity index (χ1n) is 8.98. The highest BCUT2D eigenvalue weighted by Crippen LogP contribution is 2.09. The van der Waals surface area contributed by atoms with Crippen LogP contribution in [0.2, 0.25) is 0 Å². The summed E-state index contributed by atoms with van der Waals surface area (Å²) in [6.07, 6.45) is 2.82. The van der Waals surface area contributed by atoms with Gasteiger partial charge in [-0.15, -0.1) is 0 Å². The molecule has 0 aromatic heterocycles. The zero-order chi connectivity index (χ0) is 20.4. The van der Waals surface area contributed by atoms with Crippen LogP contribution in [0.4, 0.5) is 0 Å². The number of thioether (sulfide) groups is 1. The summed E-state index contributed by atoms with van der Waals surface area (Å²) >= 11 is 1.45. The normalized spacial score (nSPS) is 15.3. The van der Waals surface area contributed by atoms with Crippen LogP contribution in [0.5, 0.6) is 0 Å². The Morgan fingerprint density at radius 3 is 2.26 bits per heavy atom. The average molecular weight is 395 g/mol. The molecule has 0 saturated heterocycles. The standard InChI is InChI=1S/C19H30N4O3S/c1-4-12(2)16(17(21)24)23-19(26)15(10-13-8-6-5-7-9-13)22-18(25)14(20)11-27-3/h5-9,12,14-16H,4,10-11,20H2,1-3H3,(H2,21,24)(H,22,25)(H,23,26)/t12-,14-,15-,16-/m1/s1. The number of primary amides is 1. The van der Waals surface area contributed by atoms with Crippen LogP contribution in [-0.4, -0.2) is 47.9 Å². The highest BCUT2D eigenvalue weighted by atomic mass is 32.2. The van der Waals surface area contributed by atoms with Gasteiger partial charge in [-0.3, -0.25) is 14.4 Å². The van der Waals surface area contributed by atoms with Crippen molar-refractivity contribution in [3.63, 3.8) is 0 Å². The van der Waals surface area contributed by atoms with E-state index in [-0.39, 0.29) is 12.3 Å². The van der Waals surface area contributed by atoms with Crippen LogP contribution in [0.25, 0.3) is 0 Å². The Balaban J connectivity index is 2.95. The van der Waals surface area contributed by atoms with Crippen molar-refractivity contribution in [2.45, 2.75) is 44.8 Å².